The Morgan fingerprint density at radius 3 is 2.64 bits per heavy atom. The molecule has 1 N–H and O–H groups in total. The molecule has 0 saturated carbocycles. The van der Waals surface area contributed by atoms with E-state index in [4.69, 9.17) is 4.74 Å². The van der Waals surface area contributed by atoms with E-state index < -0.39 is 4.87 Å². The van der Waals surface area contributed by atoms with Crippen LogP contribution in [-0.2, 0) is 14.5 Å². The van der Waals surface area contributed by atoms with Crippen LogP contribution in [-0.4, -0.2) is 24.7 Å². The first-order valence-electron chi connectivity index (χ1n) is 8.10. The molecule has 6 heteroatoms. The van der Waals surface area contributed by atoms with Gasteiger partial charge in [0.15, 0.2) is 0 Å². The minimum Gasteiger partial charge on any atom is -0.497 e. The molecular weight excluding hydrogens is 336 g/mol. The summed E-state index contributed by atoms with van der Waals surface area (Å²) in [6.45, 7) is 1.99. The number of nitrogens with one attached hydrogen (secondary N) is 1. The summed E-state index contributed by atoms with van der Waals surface area (Å²) in [5, 5.41) is 2.95. The van der Waals surface area contributed by atoms with Gasteiger partial charge in [0.05, 0.1) is 7.11 Å². The predicted molar refractivity (Wildman–Crippen MR) is 99.0 cm³/mol. The molecule has 128 valence electrons. The van der Waals surface area contributed by atoms with Crippen molar-refractivity contribution in [2.75, 3.05) is 23.1 Å². The molecule has 0 aromatic heterocycles. The number of aryl methyl sites for hydroxylation is 1. The van der Waals surface area contributed by atoms with Crippen molar-refractivity contribution in [3.05, 3.63) is 53.6 Å². The van der Waals surface area contributed by atoms with E-state index in [1.54, 1.807) is 24.1 Å². The first-order chi connectivity index (χ1) is 12.1. The number of ether oxygens (including phenoxy) is 1. The van der Waals surface area contributed by atoms with Crippen LogP contribution >= 0.6 is 11.8 Å². The van der Waals surface area contributed by atoms with Crippen LogP contribution in [0.1, 0.15) is 17.5 Å². The van der Waals surface area contributed by atoms with Gasteiger partial charge < -0.3 is 10.1 Å². The van der Waals surface area contributed by atoms with Gasteiger partial charge in [-0.2, -0.15) is 0 Å². The normalized spacial score (nSPS) is 22.1. The quantitative estimate of drug-likeness (QED) is 0.899. The summed E-state index contributed by atoms with van der Waals surface area (Å²) in [4.78, 5) is 26.5. The van der Waals surface area contributed by atoms with Crippen LogP contribution < -0.4 is 15.0 Å². The van der Waals surface area contributed by atoms with E-state index in [1.165, 1.54) is 11.8 Å². The lowest BCUT2D eigenvalue weighted by molar-refractivity contribution is -0.124. The number of carbonyl (C=O) groups excluding carboxylic acids is 2. The van der Waals surface area contributed by atoms with Crippen LogP contribution in [0.2, 0.25) is 0 Å². The van der Waals surface area contributed by atoms with Crippen molar-refractivity contribution < 1.29 is 14.3 Å². The predicted octanol–water partition coefficient (Wildman–Crippen LogP) is 3.28. The van der Waals surface area contributed by atoms with Crippen molar-refractivity contribution >= 4 is 35.0 Å². The number of carbonyl (C=O) groups is 2. The van der Waals surface area contributed by atoms with E-state index in [9.17, 15) is 9.59 Å². The summed E-state index contributed by atoms with van der Waals surface area (Å²) < 4.78 is 5.21. The Bertz CT molecular complexity index is 865. The average molecular weight is 354 g/mol. The molecule has 25 heavy (non-hydrogen) atoms. The van der Waals surface area contributed by atoms with Crippen LogP contribution in [0.5, 0.6) is 5.75 Å². The lowest BCUT2D eigenvalue weighted by atomic mass is 10.0. The lowest BCUT2D eigenvalue weighted by Crippen LogP contribution is -2.54. The van der Waals surface area contributed by atoms with Crippen LogP contribution in [0.15, 0.2) is 42.5 Å². The fourth-order valence-corrected chi connectivity index (χ4v) is 4.85. The molecule has 0 aliphatic carbocycles. The van der Waals surface area contributed by atoms with Gasteiger partial charge in [-0.05, 0) is 37.3 Å². The second kappa shape index (κ2) is 5.81. The van der Waals surface area contributed by atoms with Crippen molar-refractivity contribution in [1.29, 1.82) is 0 Å². The Morgan fingerprint density at radius 1 is 1.16 bits per heavy atom. The van der Waals surface area contributed by atoms with Crippen molar-refractivity contribution in [3.63, 3.8) is 0 Å². The van der Waals surface area contributed by atoms with Crippen molar-refractivity contribution in [2.45, 2.75) is 18.2 Å². The zero-order valence-corrected chi connectivity index (χ0v) is 14.9. The monoisotopic (exact) mass is 354 g/mol. The number of anilines is 2. The number of amides is 2. The van der Waals surface area contributed by atoms with Crippen LogP contribution in [0, 0.1) is 6.92 Å². The molecule has 2 aromatic carbocycles. The Balaban J connectivity index is 1.90. The number of nitrogens with zero attached hydrogens (tertiary/aromatic N) is 1. The van der Waals surface area contributed by atoms with Gasteiger partial charge in [0, 0.05) is 29.1 Å². The fraction of sp³-hybridized carbons (Fsp3) is 0.263. The zero-order valence-electron chi connectivity index (χ0n) is 14.0. The van der Waals surface area contributed by atoms with Crippen molar-refractivity contribution in [3.8, 4) is 5.75 Å². The van der Waals surface area contributed by atoms with E-state index in [1.807, 2.05) is 37.3 Å². The first-order valence-corrected chi connectivity index (χ1v) is 9.08. The molecule has 2 amide bonds. The van der Waals surface area contributed by atoms with Gasteiger partial charge in [-0.15, -0.1) is 11.8 Å². The van der Waals surface area contributed by atoms with Crippen LogP contribution in [0.3, 0.4) is 0 Å². The highest BCUT2D eigenvalue weighted by atomic mass is 32.2. The Morgan fingerprint density at radius 2 is 1.92 bits per heavy atom. The molecule has 1 spiro atoms. The van der Waals surface area contributed by atoms with Gasteiger partial charge in [-0.3, -0.25) is 14.5 Å². The summed E-state index contributed by atoms with van der Waals surface area (Å²) >= 11 is 1.51. The molecular formula is C19H18N2O3S. The van der Waals surface area contributed by atoms with Gasteiger partial charge in [-0.25, -0.2) is 0 Å². The summed E-state index contributed by atoms with van der Waals surface area (Å²) in [7, 11) is 1.60. The first kappa shape index (κ1) is 16.0. The smallest absolute Gasteiger partial charge is 0.266 e. The third-order valence-electron chi connectivity index (χ3n) is 4.62. The van der Waals surface area contributed by atoms with E-state index in [0.717, 1.165) is 16.8 Å². The minimum absolute atomic E-state index is 0.0478. The topological polar surface area (TPSA) is 58.6 Å². The molecule has 2 heterocycles. The highest BCUT2D eigenvalue weighted by molar-refractivity contribution is 8.01. The molecule has 5 nitrogen and oxygen atoms in total. The average Bonchev–Trinajstić information content (AvgIpc) is 2.88. The molecule has 1 unspecified atom stereocenters. The highest BCUT2D eigenvalue weighted by Gasteiger charge is 2.56. The Labute approximate surface area is 150 Å². The number of fused-ring (bicyclic) bond motifs is 2. The third-order valence-corrected chi connectivity index (χ3v) is 6.03. The lowest BCUT2D eigenvalue weighted by Gasteiger charge is -2.42. The molecule has 4 rings (SSSR count). The van der Waals surface area contributed by atoms with Gasteiger partial charge in [-0.1, -0.05) is 17.7 Å². The van der Waals surface area contributed by atoms with E-state index in [2.05, 4.69) is 5.32 Å². The molecule has 0 bridgehead atoms. The maximum Gasteiger partial charge on any atom is 0.266 e. The summed E-state index contributed by atoms with van der Waals surface area (Å²) in [5.41, 5.74) is 3.38. The Kier molecular flexibility index (Phi) is 3.72. The van der Waals surface area contributed by atoms with E-state index in [-0.39, 0.29) is 11.8 Å². The summed E-state index contributed by atoms with van der Waals surface area (Å²) in [5.74, 6) is 1.11. The molecule has 2 aromatic rings. The number of thioether (sulfide) groups is 1. The van der Waals surface area contributed by atoms with Crippen LogP contribution in [0.4, 0.5) is 11.4 Å². The number of methoxy groups -OCH3 is 1. The molecule has 0 radical (unpaired) electrons. The van der Waals surface area contributed by atoms with Crippen LogP contribution in [0.25, 0.3) is 0 Å². The minimum atomic E-state index is -1.05. The third kappa shape index (κ3) is 2.32. The maximum absolute atomic E-state index is 13.0. The van der Waals surface area contributed by atoms with E-state index >= 15 is 0 Å². The van der Waals surface area contributed by atoms with Gasteiger partial charge in [0.1, 0.15) is 5.75 Å². The SMILES string of the molecule is COc1ccc(N2C(=O)CCSC23C(=O)Nc2ccc(C)cc23)cc1. The highest BCUT2D eigenvalue weighted by Crippen LogP contribution is 2.52. The van der Waals surface area contributed by atoms with Gasteiger partial charge in [0.25, 0.3) is 5.91 Å². The molecule has 1 fully saturated rings. The van der Waals surface area contributed by atoms with Gasteiger partial charge in [0.2, 0.25) is 10.8 Å². The number of hydrogen-bond donors (Lipinski definition) is 1. The van der Waals surface area contributed by atoms with E-state index in [0.29, 0.717) is 23.6 Å². The fourth-order valence-electron chi connectivity index (χ4n) is 3.44. The second-order valence-electron chi connectivity index (χ2n) is 6.17. The number of rotatable bonds is 2. The standard InChI is InChI=1S/C19H18N2O3S/c1-12-3-8-16-15(11-12)19(18(23)20-16)21(17(22)9-10-25-19)13-4-6-14(24-2)7-5-13/h3-8,11H,9-10H2,1-2H3,(H,20,23). The molecule has 1 saturated heterocycles. The zero-order chi connectivity index (χ0) is 17.6. The molecule has 2 aliphatic heterocycles. The summed E-state index contributed by atoms with van der Waals surface area (Å²) in [6, 6.07) is 13.1. The molecule has 1 atom stereocenters. The summed E-state index contributed by atoms with van der Waals surface area (Å²) in [6.07, 6.45) is 0.410. The Hall–Kier alpha value is -2.47. The number of hydrogen-bond acceptors (Lipinski definition) is 4. The number of benzene rings is 2. The second-order valence-corrected chi connectivity index (χ2v) is 7.46. The molecule has 2 aliphatic rings. The van der Waals surface area contributed by atoms with Crippen molar-refractivity contribution in [1.82, 2.24) is 0 Å². The maximum atomic E-state index is 13.0. The van der Waals surface area contributed by atoms with Gasteiger partial charge >= 0.3 is 0 Å². The largest absolute Gasteiger partial charge is 0.497 e. The van der Waals surface area contributed by atoms with Crippen molar-refractivity contribution in [2.24, 2.45) is 0 Å².